The molecule has 0 spiro atoms. The molecule has 0 radical (unpaired) electrons. The molecule has 1 aliphatic heterocycles. The molecule has 1 saturated heterocycles. The Morgan fingerprint density at radius 1 is 1.21 bits per heavy atom. The fraction of sp³-hybridized carbons (Fsp3) is 0.520. The zero-order valence-corrected chi connectivity index (χ0v) is 21.7. The van der Waals surface area contributed by atoms with Crippen LogP contribution >= 0.6 is 34.5 Å². The molecule has 8 heteroatoms. The monoisotopic (exact) mass is 504 g/mol. The van der Waals surface area contributed by atoms with E-state index in [9.17, 15) is 10.1 Å². The highest BCUT2D eigenvalue weighted by Crippen LogP contribution is 2.44. The minimum atomic E-state index is -0.0551. The molecule has 1 fully saturated rings. The van der Waals surface area contributed by atoms with E-state index in [0.717, 1.165) is 61.7 Å². The van der Waals surface area contributed by atoms with Crippen molar-refractivity contribution in [3.8, 4) is 6.07 Å². The number of nitrogens with zero attached hydrogens (tertiary/aromatic N) is 3. The molecule has 1 aromatic carbocycles. The van der Waals surface area contributed by atoms with Gasteiger partial charge in [-0.15, -0.1) is 11.3 Å². The van der Waals surface area contributed by atoms with Gasteiger partial charge in [0, 0.05) is 36.7 Å². The first-order valence-electron chi connectivity index (χ1n) is 11.4. The summed E-state index contributed by atoms with van der Waals surface area (Å²) < 4.78 is 0. The molecule has 4 rings (SSSR count). The van der Waals surface area contributed by atoms with Crippen LogP contribution in [0.4, 0.5) is 10.7 Å². The summed E-state index contributed by atoms with van der Waals surface area (Å²) in [5, 5.41) is 14.6. The van der Waals surface area contributed by atoms with Gasteiger partial charge < -0.3 is 10.2 Å². The lowest BCUT2D eigenvalue weighted by Gasteiger charge is -2.35. The number of benzene rings is 1. The van der Waals surface area contributed by atoms with Gasteiger partial charge in [0.1, 0.15) is 11.1 Å². The van der Waals surface area contributed by atoms with E-state index in [-0.39, 0.29) is 11.3 Å². The second kappa shape index (κ2) is 9.84. The van der Waals surface area contributed by atoms with Gasteiger partial charge in [-0.2, -0.15) is 5.26 Å². The van der Waals surface area contributed by atoms with Crippen molar-refractivity contribution in [3.05, 3.63) is 44.2 Å². The van der Waals surface area contributed by atoms with Crippen molar-refractivity contribution in [2.24, 2.45) is 11.3 Å². The lowest BCUT2D eigenvalue weighted by molar-refractivity contribution is -0.117. The van der Waals surface area contributed by atoms with Gasteiger partial charge in [0.15, 0.2) is 0 Å². The van der Waals surface area contributed by atoms with Crippen LogP contribution < -0.4 is 10.2 Å². The molecule has 1 aliphatic carbocycles. The van der Waals surface area contributed by atoms with Crippen molar-refractivity contribution in [2.45, 2.75) is 40.0 Å². The zero-order chi connectivity index (χ0) is 23.8. The van der Waals surface area contributed by atoms with E-state index in [0.29, 0.717) is 28.1 Å². The summed E-state index contributed by atoms with van der Waals surface area (Å²) in [6, 6.07) is 8.03. The largest absolute Gasteiger partial charge is 0.369 e. The predicted molar refractivity (Wildman–Crippen MR) is 138 cm³/mol. The maximum Gasteiger partial charge on any atom is 0.239 e. The summed E-state index contributed by atoms with van der Waals surface area (Å²) in [4.78, 5) is 18.5. The molecule has 33 heavy (non-hydrogen) atoms. The van der Waals surface area contributed by atoms with E-state index in [1.807, 2.05) is 18.2 Å². The second-order valence-corrected chi connectivity index (χ2v) is 12.0. The number of carbonyl (C=O) groups is 1. The molecule has 1 unspecified atom stereocenters. The minimum absolute atomic E-state index is 0.0551. The molecule has 176 valence electrons. The summed E-state index contributed by atoms with van der Waals surface area (Å²) >= 11 is 13.8. The fourth-order valence-electron chi connectivity index (χ4n) is 4.75. The lowest BCUT2D eigenvalue weighted by atomic mass is 9.72. The fourth-order valence-corrected chi connectivity index (χ4v) is 6.33. The summed E-state index contributed by atoms with van der Waals surface area (Å²) in [5.41, 5.74) is 3.11. The molecule has 2 heterocycles. The van der Waals surface area contributed by atoms with Crippen molar-refractivity contribution in [2.75, 3.05) is 42.9 Å². The summed E-state index contributed by atoms with van der Waals surface area (Å²) in [7, 11) is 0. The third-order valence-corrected chi connectivity index (χ3v) is 8.77. The van der Waals surface area contributed by atoms with Crippen LogP contribution in [0.2, 0.25) is 10.0 Å². The number of piperazine rings is 1. The van der Waals surface area contributed by atoms with Gasteiger partial charge in [0.2, 0.25) is 5.91 Å². The minimum Gasteiger partial charge on any atom is -0.369 e. The number of nitriles is 1. The number of hydrogen-bond acceptors (Lipinski definition) is 5. The Labute approximate surface area is 210 Å². The average molecular weight is 506 g/mol. The number of nitrogens with one attached hydrogen (secondary N) is 1. The van der Waals surface area contributed by atoms with Gasteiger partial charge >= 0.3 is 0 Å². The van der Waals surface area contributed by atoms with Crippen LogP contribution in [0.1, 0.15) is 43.2 Å². The van der Waals surface area contributed by atoms with Gasteiger partial charge in [-0.3, -0.25) is 9.69 Å². The van der Waals surface area contributed by atoms with E-state index < -0.39 is 0 Å². The molecule has 1 atom stereocenters. The number of hydrogen-bond donors (Lipinski definition) is 1. The van der Waals surface area contributed by atoms with Gasteiger partial charge in [-0.05, 0) is 54.4 Å². The number of carbonyl (C=O) groups excluding carboxylic acids is 1. The number of thiophene rings is 1. The maximum atomic E-state index is 12.8. The van der Waals surface area contributed by atoms with Crippen LogP contribution in [0.5, 0.6) is 0 Å². The summed E-state index contributed by atoms with van der Waals surface area (Å²) in [5.74, 6) is 0.547. The SMILES string of the molecule is CC(C)(C)C1CCc2c(sc(NC(=O)CN3CCN(c4ccc(Cl)c(Cl)c4)CC3)c2C#N)C1. The quantitative estimate of drug-likeness (QED) is 0.568. The third-order valence-electron chi connectivity index (χ3n) is 6.86. The third kappa shape index (κ3) is 5.49. The molecule has 0 bridgehead atoms. The van der Waals surface area contributed by atoms with Crippen molar-refractivity contribution in [1.82, 2.24) is 4.90 Å². The van der Waals surface area contributed by atoms with Crippen molar-refractivity contribution < 1.29 is 4.79 Å². The maximum absolute atomic E-state index is 12.8. The van der Waals surface area contributed by atoms with Crippen LogP contribution in [0.3, 0.4) is 0 Å². The van der Waals surface area contributed by atoms with Crippen LogP contribution in [0.15, 0.2) is 18.2 Å². The standard InChI is InChI=1S/C25H30Cl2N4OS/c1-25(2,3)16-4-6-18-19(14-28)24(33-22(18)12-16)29-23(32)15-30-8-10-31(11-9-30)17-5-7-20(26)21(27)13-17/h5,7,13,16H,4,6,8-12,15H2,1-3H3,(H,29,32). The highest BCUT2D eigenvalue weighted by atomic mass is 35.5. The highest BCUT2D eigenvalue weighted by molar-refractivity contribution is 7.16. The second-order valence-electron chi connectivity index (χ2n) is 10.0. The van der Waals surface area contributed by atoms with Crippen LogP contribution in [0.25, 0.3) is 0 Å². The topological polar surface area (TPSA) is 59.4 Å². The van der Waals surface area contributed by atoms with Gasteiger partial charge in [-0.1, -0.05) is 44.0 Å². The van der Waals surface area contributed by atoms with Crippen LogP contribution in [-0.2, 0) is 17.6 Å². The summed E-state index contributed by atoms with van der Waals surface area (Å²) in [6.07, 6.45) is 3.01. The molecule has 2 aromatic rings. The van der Waals surface area contributed by atoms with E-state index in [1.165, 1.54) is 4.88 Å². The summed E-state index contributed by atoms with van der Waals surface area (Å²) in [6.45, 7) is 10.4. The first-order chi connectivity index (χ1) is 15.7. The number of rotatable bonds is 4. The van der Waals surface area contributed by atoms with Gasteiger partial charge in [0.25, 0.3) is 0 Å². The highest BCUT2D eigenvalue weighted by Gasteiger charge is 2.32. The van der Waals surface area contributed by atoms with E-state index in [2.05, 4.69) is 42.0 Å². The molecule has 1 N–H and O–H groups in total. The molecule has 5 nitrogen and oxygen atoms in total. The Hall–Kier alpha value is -1.78. The van der Waals surface area contributed by atoms with E-state index >= 15 is 0 Å². The normalized spacial score (nSPS) is 19.2. The Balaban J connectivity index is 1.35. The first-order valence-corrected chi connectivity index (χ1v) is 13.0. The molecule has 1 amide bonds. The smallest absolute Gasteiger partial charge is 0.239 e. The van der Waals surface area contributed by atoms with Gasteiger partial charge in [0.05, 0.1) is 22.2 Å². The Morgan fingerprint density at radius 3 is 2.58 bits per heavy atom. The lowest BCUT2D eigenvalue weighted by Crippen LogP contribution is -2.48. The van der Waals surface area contributed by atoms with Crippen LogP contribution in [-0.4, -0.2) is 43.5 Å². The molecule has 2 aliphatic rings. The molecular formula is C25H30Cl2N4OS. The van der Waals surface area contributed by atoms with Crippen LogP contribution in [0, 0.1) is 22.7 Å². The van der Waals surface area contributed by atoms with Crippen molar-refractivity contribution in [3.63, 3.8) is 0 Å². The number of halogens is 2. The molecular weight excluding hydrogens is 475 g/mol. The Kier molecular flexibility index (Phi) is 7.26. The zero-order valence-electron chi connectivity index (χ0n) is 19.4. The predicted octanol–water partition coefficient (Wildman–Crippen LogP) is 5.84. The number of amides is 1. The van der Waals surface area contributed by atoms with Crippen molar-refractivity contribution in [1.29, 1.82) is 5.26 Å². The average Bonchev–Trinajstić information content (AvgIpc) is 3.11. The number of anilines is 2. The number of fused-ring (bicyclic) bond motifs is 1. The first kappa shape index (κ1) is 24.3. The van der Waals surface area contributed by atoms with Gasteiger partial charge in [-0.25, -0.2) is 0 Å². The Morgan fingerprint density at radius 2 is 1.94 bits per heavy atom. The molecule has 1 aromatic heterocycles. The molecule has 0 saturated carbocycles. The van der Waals surface area contributed by atoms with E-state index in [1.54, 1.807) is 11.3 Å². The van der Waals surface area contributed by atoms with E-state index in [4.69, 9.17) is 23.2 Å². The van der Waals surface area contributed by atoms with Crippen molar-refractivity contribution >= 4 is 51.1 Å². The Bertz CT molecular complexity index is 1080.